The van der Waals surface area contributed by atoms with E-state index in [2.05, 4.69) is 31.3 Å². The maximum Gasteiger partial charge on any atom is 0.213 e. The lowest BCUT2D eigenvalue weighted by molar-refractivity contribution is 0.101. The van der Waals surface area contributed by atoms with E-state index in [1.54, 1.807) is 11.4 Å². The third-order valence-corrected chi connectivity index (χ3v) is 4.19. The number of rotatable bonds is 4. The first-order chi connectivity index (χ1) is 9.61. The van der Waals surface area contributed by atoms with Crippen molar-refractivity contribution < 1.29 is 4.79 Å². The highest BCUT2D eigenvalue weighted by atomic mass is 79.9. The number of nitrogens with zero attached hydrogens (tertiary/aromatic N) is 3. The SMILES string of the molecule is CC(=O)c1ccc(NCc2cn3nc(Br)sc3n2)cc1. The maximum atomic E-state index is 11.2. The summed E-state index contributed by atoms with van der Waals surface area (Å²) in [6, 6.07) is 7.41. The first-order valence-corrected chi connectivity index (χ1v) is 7.58. The summed E-state index contributed by atoms with van der Waals surface area (Å²) in [7, 11) is 0. The lowest BCUT2D eigenvalue weighted by atomic mass is 10.1. The molecule has 3 rings (SSSR count). The van der Waals surface area contributed by atoms with Crippen LogP contribution >= 0.6 is 27.3 Å². The van der Waals surface area contributed by atoms with Crippen LogP contribution in [0.5, 0.6) is 0 Å². The second kappa shape index (κ2) is 5.34. The van der Waals surface area contributed by atoms with Crippen LogP contribution < -0.4 is 5.32 Å². The normalized spacial score (nSPS) is 10.9. The fourth-order valence-corrected chi connectivity index (χ4v) is 3.06. The zero-order valence-electron chi connectivity index (χ0n) is 10.6. The highest BCUT2D eigenvalue weighted by Gasteiger charge is 2.06. The average molecular weight is 351 g/mol. The molecule has 0 aliphatic carbocycles. The van der Waals surface area contributed by atoms with Crippen LogP contribution in [0.2, 0.25) is 0 Å². The predicted octanol–water partition coefficient (Wildman–Crippen LogP) is 3.37. The molecule has 20 heavy (non-hydrogen) atoms. The molecule has 0 spiro atoms. The molecule has 3 aromatic rings. The minimum atomic E-state index is 0.0718. The Hall–Kier alpha value is -1.73. The fourth-order valence-electron chi connectivity index (χ4n) is 1.82. The standard InChI is InChI=1S/C13H11BrN4OS/c1-8(19)9-2-4-10(5-3-9)15-6-11-7-18-13(16-11)20-12(14)17-18/h2-5,7,15H,6H2,1H3. The summed E-state index contributed by atoms with van der Waals surface area (Å²) in [5, 5.41) is 7.51. The van der Waals surface area contributed by atoms with Gasteiger partial charge in [0.2, 0.25) is 4.96 Å². The van der Waals surface area contributed by atoms with E-state index in [1.807, 2.05) is 30.5 Å². The number of carbonyl (C=O) groups is 1. The number of nitrogens with one attached hydrogen (secondary N) is 1. The maximum absolute atomic E-state index is 11.2. The van der Waals surface area contributed by atoms with Crippen molar-refractivity contribution in [2.75, 3.05) is 5.32 Å². The van der Waals surface area contributed by atoms with Gasteiger partial charge >= 0.3 is 0 Å². The minimum Gasteiger partial charge on any atom is -0.379 e. The quantitative estimate of drug-likeness (QED) is 0.733. The molecule has 0 bridgehead atoms. The Morgan fingerprint density at radius 2 is 2.15 bits per heavy atom. The van der Waals surface area contributed by atoms with E-state index >= 15 is 0 Å². The number of imidazole rings is 1. The van der Waals surface area contributed by atoms with Crippen LogP contribution in [0, 0.1) is 0 Å². The summed E-state index contributed by atoms with van der Waals surface area (Å²) in [6.07, 6.45) is 1.90. The van der Waals surface area contributed by atoms with Crippen molar-refractivity contribution in [3.05, 3.63) is 45.6 Å². The Morgan fingerprint density at radius 3 is 2.80 bits per heavy atom. The zero-order valence-corrected chi connectivity index (χ0v) is 13.0. The van der Waals surface area contributed by atoms with E-state index < -0.39 is 0 Å². The van der Waals surface area contributed by atoms with Gasteiger partial charge in [0, 0.05) is 11.3 Å². The lowest BCUT2D eigenvalue weighted by Crippen LogP contribution is -2.00. The molecule has 0 atom stereocenters. The first-order valence-electron chi connectivity index (χ1n) is 5.97. The zero-order chi connectivity index (χ0) is 14.1. The van der Waals surface area contributed by atoms with Gasteiger partial charge in [0.25, 0.3) is 0 Å². The number of carbonyl (C=O) groups excluding carboxylic acids is 1. The van der Waals surface area contributed by atoms with Crippen LogP contribution in [0.1, 0.15) is 23.0 Å². The van der Waals surface area contributed by atoms with E-state index in [-0.39, 0.29) is 5.78 Å². The molecule has 102 valence electrons. The largest absolute Gasteiger partial charge is 0.379 e. The second-order valence-corrected chi connectivity index (χ2v) is 6.53. The summed E-state index contributed by atoms with van der Waals surface area (Å²) in [5.41, 5.74) is 2.60. The molecular formula is C13H11BrN4OS. The topological polar surface area (TPSA) is 59.3 Å². The van der Waals surface area contributed by atoms with Crippen molar-refractivity contribution >= 4 is 43.7 Å². The van der Waals surface area contributed by atoms with Gasteiger partial charge in [-0.25, -0.2) is 9.50 Å². The van der Waals surface area contributed by atoms with Gasteiger partial charge in [-0.1, -0.05) is 11.3 Å². The van der Waals surface area contributed by atoms with Gasteiger partial charge in [-0.3, -0.25) is 4.79 Å². The van der Waals surface area contributed by atoms with Gasteiger partial charge in [0.1, 0.15) is 0 Å². The number of Topliss-reactive ketones (excluding diaryl/α,β-unsaturated/α-hetero) is 1. The minimum absolute atomic E-state index is 0.0718. The number of aromatic nitrogens is 3. The Morgan fingerprint density at radius 1 is 1.40 bits per heavy atom. The predicted molar refractivity (Wildman–Crippen MR) is 82.3 cm³/mol. The van der Waals surface area contributed by atoms with Crippen molar-refractivity contribution in [2.45, 2.75) is 13.5 Å². The van der Waals surface area contributed by atoms with Gasteiger partial charge < -0.3 is 5.32 Å². The summed E-state index contributed by atoms with van der Waals surface area (Å²) in [6.45, 7) is 2.18. The van der Waals surface area contributed by atoms with Crippen LogP contribution in [-0.4, -0.2) is 20.4 Å². The highest BCUT2D eigenvalue weighted by Crippen LogP contribution is 2.20. The Balaban J connectivity index is 1.69. The molecule has 2 heterocycles. The molecule has 0 saturated carbocycles. The van der Waals surface area contributed by atoms with E-state index in [0.29, 0.717) is 12.1 Å². The van der Waals surface area contributed by atoms with Gasteiger partial charge in [0.15, 0.2) is 9.70 Å². The van der Waals surface area contributed by atoms with Gasteiger partial charge in [-0.2, -0.15) is 0 Å². The van der Waals surface area contributed by atoms with Crippen LogP contribution in [-0.2, 0) is 6.54 Å². The summed E-state index contributed by atoms with van der Waals surface area (Å²) in [4.78, 5) is 16.5. The van der Waals surface area contributed by atoms with E-state index in [4.69, 9.17) is 0 Å². The number of benzene rings is 1. The van der Waals surface area contributed by atoms with Crippen LogP contribution in [0.25, 0.3) is 4.96 Å². The lowest BCUT2D eigenvalue weighted by Gasteiger charge is -2.04. The van der Waals surface area contributed by atoms with E-state index in [9.17, 15) is 4.79 Å². The first kappa shape index (κ1) is 13.3. The molecule has 2 aromatic heterocycles. The molecule has 0 amide bonds. The smallest absolute Gasteiger partial charge is 0.213 e. The molecule has 7 heteroatoms. The highest BCUT2D eigenvalue weighted by molar-refractivity contribution is 9.11. The molecular weight excluding hydrogens is 340 g/mol. The van der Waals surface area contributed by atoms with Crippen molar-refractivity contribution in [1.82, 2.24) is 14.6 Å². The second-order valence-electron chi connectivity index (χ2n) is 4.30. The van der Waals surface area contributed by atoms with Crippen LogP contribution in [0.15, 0.2) is 34.4 Å². The van der Waals surface area contributed by atoms with Crippen molar-refractivity contribution in [2.24, 2.45) is 0 Å². The summed E-state index contributed by atoms with van der Waals surface area (Å²) >= 11 is 4.82. The van der Waals surface area contributed by atoms with Crippen molar-refractivity contribution in [3.8, 4) is 0 Å². The van der Waals surface area contributed by atoms with Crippen LogP contribution in [0.4, 0.5) is 5.69 Å². The Kier molecular flexibility index (Phi) is 3.54. The Labute approximate surface area is 127 Å². The number of hydrogen-bond acceptors (Lipinski definition) is 5. The third-order valence-electron chi connectivity index (χ3n) is 2.83. The third kappa shape index (κ3) is 2.73. The molecule has 0 saturated heterocycles. The molecule has 0 unspecified atom stereocenters. The molecule has 0 radical (unpaired) electrons. The van der Waals surface area contributed by atoms with Crippen molar-refractivity contribution in [3.63, 3.8) is 0 Å². The number of fused-ring (bicyclic) bond motifs is 1. The monoisotopic (exact) mass is 350 g/mol. The number of hydrogen-bond donors (Lipinski definition) is 1. The van der Waals surface area contributed by atoms with E-state index in [1.165, 1.54) is 11.3 Å². The number of anilines is 1. The van der Waals surface area contributed by atoms with E-state index in [0.717, 1.165) is 20.3 Å². The van der Waals surface area contributed by atoms with Gasteiger partial charge in [-0.05, 0) is 47.1 Å². The molecule has 0 aliphatic rings. The summed E-state index contributed by atoms with van der Waals surface area (Å²) < 4.78 is 2.57. The molecule has 1 N–H and O–H groups in total. The number of ketones is 1. The Bertz CT molecular complexity index is 731. The fraction of sp³-hybridized carbons (Fsp3) is 0.154. The van der Waals surface area contributed by atoms with Crippen molar-refractivity contribution in [1.29, 1.82) is 0 Å². The summed E-state index contributed by atoms with van der Waals surface area (Å²) in [5.74, 6) is 0.0718. The average Bonchev–Trinajstić information content (AvgIpc) is 2.93. The van der Waals surface area contributed by atoms with Crippen LogP contribution in [0.3, 0.4) is 0 Å². The number of halogens is 1. The molecule has 1 aromatic carbocycles. The van der Waals surface area contributed by atoms with Gasteiger partial charge in [0.05, 0.1) is 18.4 Å². The molecule has 0 aliphatic heterocycles. The molecule has 0 fully saturated rings. The molecule has 5 nitrogen and oxygen atoms in total. The van der Waals surface area contributed by atoms with Gasteiger partial charge in [-0.15, -0.1) is 5.10 Å².